The van der Waals surface area contributed by atoms with E-state index in [0.29, 0.717) is 76.2 Å². The number of aromatic hydroxyl groups is 1. The molecule has 0 radical (unpaired) electrons. The lowest BCUT2D eigenvalue weighted by Gasteiger charge is -2.31. The van der Waals surface area contributed by atoms with Gasteiger partial charge in [0.05, 0.1) is 12.6 Å². The molecule has 33 heteroatoms. The van der Waals surface area contributed by atoms with Crippen molar-refractivity contribution in [2.75, 3.05) is 32.8 Å². The van der Waals surface area contributed by atoms with Crippen molar-refractivity contribution in [3.05, 3.63) is 29.8 Å². The number of carbonyl (C=O) groups is 13. The van der Waals surface area contributed by atoms with Crippen molar-refractivity contribution >= 4 is 76.9 Å². The van der Waals surface area contributed by atoms with E-state index in [0.717, 1.165) is 0 Å². The summed E-state index contributed by atoms with van der Waals surface area (Å²) in [5, 5.41) is 67.7. The van der Waals surface area contributed by atoms with Gasteiger partial charge in [0.2, 0.25) is 65.0 Å². The van der Waals surface area contributed by atoms with E-state index in [1.807, 2.05) is 13.8 Å². The van der Waals surface area contributed by atoms with Crippen LogP contribution in [0.1, 0.15) is 197 Å². The van der Waals surface area contributed by atoms with Crippen LogP contribution in [0.4, 0.5) is 0 Å². The Morgan fingerprint density at radius 1 is 0.365 bits per heavy atom. The van der Waals surface area contributed by atoms with Crippen molar-refractivity contribution < 1.29 is 82.8 Å². The molecule has 0 saturated heterocycles. The Labute approximate surface area is 612 Å². The third-order valence-electron chi connectivity index (χ3n) is 17.7. The first-order valence-corrected chi connectivity index (χ1v) is 36.8. The molecule has 14 atom stereocenters. The molecule has 592 valence electrons. The van der Waals surface area contributed by atoms with Crippen molar-refractivity contribution in [3.8, 4) is 5.75 Å². The lowest BCUT2D eigenvalue weighted by atomic mass is 9.94. The number of hydrogen-bond donors (Lipinski definition) is 20. The Kier molecular flexibility index (Phi) is 46.2. The number of nitrogens with one attached hydrogen (secondary N) is 11. The fourth-order valence-electron chi connectivity index (χ4n) is 11.2. The second-order valence-electron chi connectivity index (χ2n) is 28.3. The van der Waals surface area contributed by atoms with E-state index in [2.05, 4.69) is 58.5 Å². The number of phenolic OH excluding ortho intramolecular Hbond substituents is 1. The number of rotatable bonds is 55. The van der Waals surface area contributed by atoms with Crippen molar-refractivity contribution in [3.63, 3.8) is 0 Å². The van der Waals surface area contributed by atoms with E-state index >= 15 is 0 Å². The van der Waals surface area contributed by atoms with Crippen LogP contribution in [0.15, 0.2) is 24.3 Å². The fraction of sp³-hybridized carbons (Fsp3) is 0.732. The van der Waals surface area contributed by atoms with E-state index in [-0.39, 0.29) is 94.6 Å². The summed E-state index contributed by atoms with van der Waals surface area (Å²) in [5.41, 5.74) is 30.3. The average Bonchev–Trinajstić information content (AvgIpc) is 0.846. The van der Waals surface area contributed by atoms with Gasteiger partial charge >= 0.3 is 11.9 Å². The number of carboxylic acid groups (broad SMARTS) is 2. The Balaban J connectivity index is 3.73. The molecule has 0 aromatic heterocycles. The summed E-state index contributed by atoms with van der Waals surface area (Å²) in [6, 6.07) is -10.1. The predicted molar refractivity (Wildman–Crippen MR) is 392 cm³/mol. The maximum Gasteiger partial charge on any atom is 0.328 e. The first-order chi connectivity index (χ1) is 49.1. The summed E-state index contributed by atoms with van der Waals surface area (Å²) in [4.78, 5) is 181. The fourth-order valence-corrected chi connectivity index (χ4v) is 11.2. The maximum atomic E-state index is 14.8. The molecule has 11 amide bonds. The van der Waals surface area contributed by atoms with Gasteiger partial charge in [-0.1, -0.05) is 94.2 Å². The molecule has 0 fully saturated rings. The van der Waals surface area contributed by atoms with Gasteiger partial charge in [0, 0.05) is 12.8 Å². The van der Waals surface area contributed by atoms with Gasteiger partial charge in [-0.15, -0.1) is 0 Å². The molecule has 0 aliphatic rings. The van der Waals surface area contributed by atoms with E-state index in [4.69, 9.17) is 28.7 Å². The molecular formula is C71H126N16O17. The summed E-state index contributed by atoms with van der Waals surface area (Å²) < 4.78 is 0. The molecule has 25 N–H and O–H groups in total. The number of aliphatic carboxylic acids is 2. The maximum absolute atomic E-state index is 14.8. The molecule has 0 bridgehead atoms. The first-order valence-electron chi connectivity index (χ1n) is 36.8. The monoisotopic (exact) mass is 1470 g/mol. The topological polar surface area (TPSA) is 565 Å². The molecule has 33 nitrogen and oxygen atoms in total. The molecular weight excluding hydrogens is 1350 g/mol. The number of hydrogen-bond acceptors (Lipinski definition) is 20. The highest BCUT2D eigenvalue weighted by molar-refractivity contribution is 5.99. The zero-order chi connectivity index (χ0) is 78.8. The third-order valence-corrected chi connectivity index (χ3v) is 17.7. The van der Waals surface area contributed by atoms with Crippen LogP contribution in [0.25, 0.3) is 0 Å². The Morgan fingerprint density at radius 3 is 0.981 bits per heavy atom. The lowest BCUT2D eigenvalue weighted by molar-refractivity contribution is -0.144. The minimum Gasteiger partial charge on any atom is -0.508 e. The standard InChI is InChI=1S/C71H126N16O17/c1-11-43(9)58(87-70(102)59(44(10)12-2)86-65(97)51(24-16-20-34-75)78-61(93)48(21-13-17-31-72)79-68(100)55(38-45-25-27-46(89)28-26-45)82-60(92)47(76)35-40(3)4)69(101)81-50(23-15-19-33-74)62(94)77-49(22-14-18-32-73)63(95)83-54(37-42(7)8)67(99)84-53(36-41(5)6)66(98)80-52(29-30-57(90)91)64(96)85-56(39-88)71(103)104/h25-28,40-44,47-56,58-59,88-89H,11-24,29-39,72-76H2,1-10H3,(H,77,94)(H,78,93)(H,79,100)(H,80,98)(H,81,101)(H,82,92)(H,83,95)(H,84,99)(H,85,96)(H,86,97)(H,87,102)(H,90,91)(H,103,104)/t43-,44-,47-,48-,49-,50-,51-,52-,53-,54-,55-,56-,58-,59-/m0/s1. The minimum absolute atomic E-state index is 0.00225. The Bertz CT molecular complexity index is 2850. The average molecular weight is 1480 g/mol. The summed E-state index contributed by atoms with van der Waals surface area (Å²) in [7, 11) is 0. The van der Waals surface area contributed by atoms with E-state index in [9.17, 15) is 82.8 Å². The highest BCUT2D eigenvalue weighted by Crippen LogP contribution is 2.19. The Morgan fingerprint density at radius 2 is 0.654 bits per heavy atom. The van der Waals surface area contributed by atoms with Crippen molar-refractivity contribution in [1.82, 2.24) is 58.5 Å². The van der Waals surface area contributed by atoms with Crippen LogP contribution >= 0.6 is 0 Å². The number of amides is 11. The molecule has 1 aromatic carbocycles. The number of carbonyl (C=O) groups excluding carboxylic acids is 11. The van der Waals surface area contributed by atoms with Crippen molar-refractivity contribution in [2.24, 2.45) is 58.3 Å². The van der Waals surface area contributed by atoms with Gasteiger partial charge in [-0.2, -0.15) is 0 Å². The largest absolute Gasteiger partial charge is 0.508 e. The lowest BCUT2D eigenvalue weighted by Crippen LogP contribution is -2.62. The highest BCUT2D eigenvalue weighted by atomic mass is 16.4. The first kappa shape index (κ1) is 93.9. The molecule has 0 unspecified atom stereocenters. The van der Waals surface area contributed by atoms with E-state index < -0.39 is 181 Å². The summed E-state index contributed by atoms with van der Waals surface area (Å²) in [6.07, 6.45) is 3.05. The molecule has 1 aromatic rings. The number of benzene rings is 1. The van der Waals surface area contributed by atoms with Crippen LogP contribution in [-0.2, 0) is 68.7 Å². The van der Waals surface area contributed by atoms with Crippen LogP contribution in [0.5, 0.6) is 5.75 Å². The van der Waals surface area contributed by atoms with Crippen molar-refractivity contribution in [1.29, 1.82) is 0 Å². The molecule has 0 aliphatic carbocycles. The number of unbranched alkanes of at least 4 members (excludes halogenated alkanes) is 4. The zero-order valence-electron chi connectivity index (χ0n) is 62.8. The molecule has 0 spiro atoms. The van der Waals surface area contributed by atoms with Gasteiger partial charge in [0.1, 0.15) is 72.2 Å². The van der Waals surface area contributed by atoms with E-state index in [1.165, 1.54) is 12.1 Å². The highest BCUT2D eigenvalue weighted by Gasteiger charge is 2.39. The van der Waals surface area contributed by atoms with Gasteiger partial charge in [-0.3, -0.25) is 57.5 Å². The molecule has 0 heterocycles. The third kappa shape index (κ3) is 36.5. The molecule has 1 rings (SSSR count). The number of nitrogens with two attached hydrogens (primary N) is 5. The van der Waals surface area contributed by atoms with Crippen LogP contribution in [0, 0.1) is 29.6 Å². The molecule has 0 saturated carbocycles. The quantitative estimate of drug-likeness (QED) is 0.0358. The number of aliphatic hydroxyl groups excluding tert-OH is 1. The number of carboxylic acids is 2. The summed E-state index contributed by atoms with van der Waals surface area (Å²) in [6.45, 7) is 17.7. The second-order valence-corrected chi connectivity index (χ2v) is 28.3. The Hall–Kier alpha value is -8.11. The van der Waals surface area contributed by atoms with E-state index in [1.54, 1.807) is 67.5 Å². The van der Waals surface area contributed by atoms with Crippen molar-refractivity contribution in [2.45, 2.75) is 270 Å². The predicted octanol–water partition coefficient (Wildman–Crippen LogP) is -0.717. The zero-order valence-corrected chi connectivity index (χ0v) is 62.8. The second kappa shape index (κ2) is 51.1. The summed E-state index contributed by atoms with van der Waals surface area (Å²) in [5.74, 6) is -13.5. The number of phenols is 1. The van der Waals surface area contributed by atoms with Crippen LogP contribution in [-0.4, -0.2) is 203 Å². The van der Waals surface area contributed by atoms with Gasteiger partial charge in [0.15, 0.2) is 0 Å². The SMILES string of the molecule is CC[C@H](C)[C@H](NC(=O)[C@H](CCCCN)NC(=O)[C@H](CCCCN)NC(=O)[C@H](Cc1ccc(O)cc1)NC(=O)[C@@H](N)CC(C)C)C(=O)N[C@H](C(=O)N[C@@H](CCCCN)C(=O)N[C@@H](CCCCN)C(=O)N[C@@H](CC(C)C)C(=O)N[C@@H](CC(C)C)C(=O)N[C@@H](CCC(=O)O)C(=O)N[C@@H](CO)C(=O)O)[C@@H](C)CC. The molecule has 0 aliphatic heterocycles. The normalized spacial score (nSPS) is 15.5. The van der Waals surface area contributed by atoms with Crippen LogP contribution in [0.3, 0.4) is 0 Å². The van der Waals surface area contributed by atoms with Gasteiger partial charge < -0.3 is 108 Å². The number of aliphatic hydroxyl groups is 1. The summed E-state index contributed by atoms with van der Waals surface area (Å²) >= 11 is 0. The van der Waals surface area contributed by atoms with Crippen LogP contribution in [0.2, 0.25) is 0 Å². The van der Waals surface area contributed by atoms with Gasteiger partial charge in [-0.05, 0) is 176 Å². The van der Waals surface area contributed by atoms with Gasteiger partial charge in [0.25, 0.3) is 0 Å². The molecule has 104 heavy (non-hydrogen) atoms. The minimum atomic E-state index is -1.78. The van der Waals surface area contributed by atoms with Crippen LogP contribution < -0.4 is 87.2 Å². The smallest absolute Gasteiger partial charge is 0.328 e. The van der Waals surface area contributed by atoms with Gasteiger partial charge in [-0.25, -0.2) is 4.79 Å².